The van der Waals surface area contributed by atoms with Gasteiger partial charge in [-0.05, 0) is 29.8 Å². The number of nitrogens with two attached hydrogens (primary N) is 1. The summed E-state index contributed by atoms with van der Waals surface area (Å²) in [5, 5.41) is 3.65. The Labute approximate surface area is 193 Å². The van der Waals surface area contributed by atoms with Crippen LogP contribution in [0.1, 0.15) is 21.5 Å². The first-order valence-corrected chi connectivity index (χ1v) is 9.83. The number of amides is 1. The second-order valence-electron chi connectivity index (χ2n) is 7.05. The van der Waals surface area contributed by atoms with E-state index < -0.39 is 5.91 Å². The Hall–Kier alpha value is -4.86. The van der Waals surface area contributed by atoms with Crippen molar-refractivity contribution >= 4 is 40.8 Å². The minimum atomic E-state index is -0.702. The third-order valence-corrected chi connectivity index (χ3v) is 4.99. The predicted octanol–water partition coefficient (Wildman–Crippen LogP) is 2.47. The molecule has 2 radical (unpaired) electrons. The summed E-state index contributed by atoms with van der Waals surface area (Å²) in [6.45, 7) is 0. The van der Waals surface area contributed by atoms with Crippen LogP contribution in [0.25, 0.3) is 22.0 Å². The number of nitrogens with one attached hydrogen (secondary N) is 1. The van der Waals surface area contributed by atoms with Crippen LogP contribution in [0.4, 0.5) is 11.4 Å². The zero-order valence-electron chi connectivity index (χ0n) is 18.1. The average Bonchev–Trinajstić information content (AvgIpc) is 2.87. The summed E-state index contributed by atoms with van der Waals surface area (Å²) in [6.07, 6.45) is 6.40. The molecule has 2 heterocycles. The maximum Gasteiger partial charge on any atom is 0.319 e. The van der Waals surface area contributed by atoms with Crippen LogP contribution in [0.5, 0.6) is 11.9 Å². The monoisotopic (exact) mass is 455 g/mol. The molecule has 34 heavy (non-hydrogen) atoms. The van der Waals surface area contributed by atoms with Crippen LogP contribution >= 0.6 is 0 Å². The van der Waals surface area contributed by atoms with Crippen molar-refractivity contribution in [2.75, 3.05) is 19.5 Å². The molecule has 0 bridgehead atoms. The van der Waals surface area contributed by atoms with E-state index in [0.717, 1.165) is 0 Å². The number of anilines is 2. The Kier molecular flexibility index (Phi) is 6.13. The van der Waals surface area contributed by atoms with Gasteiger partial charge in [0.15, 0.2) is 0 Å². The molecule has 0 saturated carbocycles. The van der Waals surface area contributed by atoms with Gasteiger partial charge in [0.1, 0.15) is 0 Å². The van der Waals surface area contributed by atoms with Crippen molar-refractivity contribution in [1.29, 1.82) is 0 Å². The van der Waals surface area contributed by atoms with Crippen molar-refractivity contribution in [1.82, 2.24) is 15.0 Å². The Bertz CT molecular complexity index is 1410. The van der Waals surface area contributed by atoms with Gasteiger partial charge in [-0.1, -0.05) is 12.1 Å². The van der Waals surface area contributed by atoms with Gasteiger partial charge in [-0.25, -0.2) is 4.98 Å². The molecular formula is C24H17N5O5. The molecule has 0 aliphatic carbocycles. The van der Waals surface area contributed by atoms with Crippen molar-refractivity contribution in [3.05, 3.63) is 65.5 Å². The van der Waals surface area contributed by atoms with E-state index >= 15 is 0 Å². The molecule has 10 heteroatoms. The van der Waals surface area contributed by atoms with Crippen LogP contribution in [0.2, 0.25) is 0 Å². The summed E-state index contributed by atoms with van der Waals surface area (Å²) in [6, 6.07) is 9.80. The minimum Gasteiger partial charge on any atom is -0.480 e. The second-order valence-corrected chi connectivity index (χ2v) is 7.05. The van der Waals surface area contributed by atoms with Gasteiger partial charge in [0.05, 0.1) is 36.6 Å². The third kappa shape index (κ3) is 4.24. The molecule has 168 valence electrons. The van der Waals surface area contributed by atoms with E-state index in [-0.39, 0.29) is 22.7 Å². The largest absolute Gasteiger partial charge is 0.480 e. The smallest absolute Gasteiger partial charge is 0.319 e. The Morgan fingerprint density at radius 3 is 2.32 bits per heavy atom. The fourth-order valence-corrected chi connectivity index (χ4v) is 3.45. The summed E-state index contributed by atoms with van der Waals surface area (Å²) in [5.41, 5.74) is 8.59. The van der Waals surface area contributed by atoms with Crippen LogP contribution in [-0.4, -0.2) is 47.7 Å². The third-order valence-electron chi connectivity index (χ3n) is 4.99. The lowest BCUT2D eigenvalue weighted by atomic mass is 10.0. The number of primary amides is 1. The second kappa shape index (κ2) is 9.33. The molecule has 4 aromatic rings. The van der Waals surface area contributed by atoms with Gasteiger partial charge in [0, 0.05) is 34.6 Å². The van der Waals surface area contributed by atoms with E-state index in [4.69, 9.17) is 15.2 Å². The zero-order valence-corrected chi connectivity index (χ0v) is 18.1. The van der Waals surface area contributed by atoms with Gasteiger partial charge in [-0.15, -0.1) is 0 Å². The molecule has 0 saturated heterocycles. The van der Waals surface area contributed by atoms with E-state index in [1.54, 1.807) is 37.0 Å². The first kappa shape index (κ1) is 22.3. The molecular weight excluding hydrogens is 438 g/mol. The molecule has 2 aromatic heterocycles. The normalized spacial score (nSPS) is 10.5. The first-order chi connectivity index (χ1) is 16.5. The molecule has 0 atom stereocenters. The molecule has 10 nitrogen and oxygen atoms in total. The summed E-state index contributed by atoms with van der Waals surface area (Å²) in [7, 11) is 2.94. The Morgan fingerprint density at radius 1 is 0.971 bits per heavy atom. The number of rotatable bonds is 8. The van der Waals surface area contributed by atoms with Crippen LogP contribution in [0.15, 0.2) is 48.8 Å². The molecule has 0 aliphatic rings. The fourth-order valence-electron chi connectivity index (χ4n) is 3.45. The summed E-state index contributed by atoms with van der Waals surface area (Å²) in [5.74, 6) is -0.385. The molecule has 0 aliphatic heterocycles. The minimum absolute atomic E-state index is 0.128. The molecule has 0 fully saturated rings. The van der Waals surface area contributed by atoms with Crippen molar-refractivity contribution in [3.63, 3.8) is 0 Å². The van der Waals surface area contributed by atoms with Gasteiger partial charge in [0.25, 0.3) is 5.91 Å². The van der Waals surface area contributed by atoms with Crippen molar-refractivity contribution in [3.8, 4) is 23.0 Å². The number of aromatic nitrogens is 3. The van der Waals surface area contributed by atoms with Gasteiger partial charge >= 0.3 is 6.01 Å². The molecule has 2 aromatic carbocycles. The summed E-state index contributed by atoms with van der Waals surface area (Å²) >= 11 is 0. The van der Waals surface area contributed by atoms with Crippen molar-refractivity contribution in [2.24, 2.45) is 5.73 Å². The van der Waals surface area contributed by atoms with Crippen LogP contribution in [-0.2, 0) is 9.59 Å². The number of methoxy groups -OCH3 is 2. The van der Waals surface area contributed by atoms with E-state index in [1.165, 1.54) is 38.6 Å². The van der Waals surface area contributed by atoms with Gasteiger partial charge in [-0.3, -0.25) is 19.4 Å². The molecule has 0 unspecified atom stereocenters. The van der Waals surface area contributed by atoms with Crippen LogP contribution in [0, 0.1) is 0 Å². The number of fused-ring (bicyclic) bond motifs is 1. The zero-order chi connectivity index (χ0) is 24.2. The number of ether oxygens (including phenoxy) is 2. The topological polar surface area (TPSA) is 146 Å². The van der Waals surface area contributed by atoms with Crippen molar-refractivity contribution < 1.29 is 23.9 Å². The lowest BCUT2D eigenvalue weighted by Gasteiger charge is -2.15. The number of carbonyl (C=O) groups is 1. The number of hydrogen-bond donors (Lipinski definition) is 2. The Balaban J connectivity index is 1.86. The van der Waals surface area contributed by atoms with E-state index in [1.807, 2.05) is 0 Å². The highest BCUT2D eigenvalue weighted by Crippen LogP contribution is 2.34. The highest BCUT2D eigenvalue weighted by Gasteiger charge is 2.17. The van der Waals surface area contributed by atoms with E-state index in [0.29, 0.717) is 39.3 Å². The lowest BCUT2D eigenvalue weighted by Crippen LogP contribution is -2.14. The quantitative estimate of drug-likeness (QED) is 0.409. The number of pyridine rings is 1. The maximum absolute atomic E-state index is 12.1. The molecule has 3 N–H and O–H groups in total. The van der Waals surface area contributed by atoms with Gasteiger partial charge in [0.2, 0.25) is 18.5 Å². The van der Waals surface area contributed by atoms with Crippen LogP contribution in [0.3, 0.4) is 0 Å². The first-order valence-electron chi connectivity index (χ1n) is 9.83. The molecule has 4 rings (SSSR count). The van der Waals surface area contributed by atoms with E-state index in [9.17, 15) is 14.4 Å². The predicted molar refractivity (Wildman–Crippen MR) is 124 cm³/mol. The molecule has 1 amide bonds. The number of benzene rings is 2. The highest BCUT2D eigenvalue weighted by molar-refractivity contribution is 6.08. The highest BCUT2D eigenvalue weighted by atomic mass is 16.5. The fraction of sp³-hybridized carbons (Fsp3) is 0.0833. The lowest BCUT2D eigenvalue weighted by molar-refractivity contribution is 0.100. The number of nitrogens with zero attached hydrogens (tertiary/aromatic N) is 3. The standard InChI is InChI=1S/C24H17N5O5/c1-33-23-18(9-27-24(29-23)34-2)15-3-4-17-20(8-15)26-10-19(22(25)32)21(17)28-16-6-13(11-30)5-14(7-16)12-31/h3-10H,1-2H3,(H2,25,32)(H,26,28). The van der Waals surface area contributed by atoms with Crippen molar-refractivity contribution in [2.45, 2.75) is 0 Å². The maximum atomic E-state index is 12.1. The van der Waals surface area contributed by atoms with Gasteiger partial charge < -0.3 is 20.5 Å². The summed E-state index contributed by atoms with van der Waals surface area (Å²) < 4.78 is 10.4. The Morgan fingerprint density at radius 2 is 1.71 bits per heavy atom. The number of hydrogen-bond acceptors (Lipinski definition) is 9. The molecule has 0 spiro atoms. The van der Waals surface area contributed by atoms with Gasteiger partial charge in [-0.2, -0.15) is 4.98 Å². The number of carbonyl (C=O) groups excluding carboxylic acids is 3. The SMILES string of the molecule is COc1ncc(-c2ccc3c(Nc4cc([C]=O)cc([C]=O)c4)c(C(N)=O)cnc3c2)c(OC)n1. The summed E-state index contributed by atoms with van der Waals surface area (Å²) in [4.78, 5) is 47.1. The average molecular weight is 455 g/mol. The van der Waals surface area contributed by atoms with Crippen LogP contribution < -0.4 is 20.5 Å². The van der Waals surface area contributed by atoms with E-state index in [2.05, 4.69) is 20.3 Å².